The minimum atomic E-state index is 0.487. The van der Waals surface area contributed by atoms with E-state index in [1.165, 1.54) is 11.3 Å². The van der Waals surface area contributed by atoms with Gasteiger partial charge in [0.1, 0.15) is 12.4 Å². The van der Waals surface area contributed by atoms with Gasteiger partial charge in [0.2, 0.25) is 0 Å². The molecule has 1 aromatic heterocycles. The van der Waals surface area contributed by atoms with Crippen LogP contribution in [0, 0.1) is 0 Å². The molecule has 0 amide bonds. The molecule has 0 saturated carbocycles. The van der Waals surface area contributed by atoms with Crippen LogP contribution >= 0.6 is 22.9 Å². The summed E-state index contributed by atoms with van der Waals surface area (Å²) in [4.78, 5) is 4.97. The van der Waals surface area contributed by atoms with Crippen molar-refractivity contribution in [1.29, 1.82) is 0 Å². The molecule has 0 aliphatic heterocycles. The summed E-state index contributed by atoms with van der Waals surface area (Å²) < 4.78 is 11.3. The van der Waals surface area contributed by atoms with Gasteiger partial charge < -0.3 is 9.47 Å². The van der Waals surface area contributed by atoms with E-state index < -0.39 is 0 Å². The maximum absolute atomic E-state index is 5.74. The standard InChI is InChI=1S/C12H12ClNO2S/c1-15-7-9-3-2-4-10(5-9)16-8-11-6-14-12(13)17-11/h2-6H,7-8H2,1H3. The van der Waals surface area contributed by atoms with E-state index >= 15 is 0 Å². The van der Waals surface area contributed by atoms with E-state index in [9.17, 15) is 0 Å². The summed E-state index contributed by atoms with van der Waals surface area (Å²) in [5.74, 6) is 0.823. The highest BCUT2D eigenvalue weighted by Gasteiger charge is 2.01. The molecular formula is C12H12ClNO2S. The molecule has 0 N–H and O–H groups in total. The number of nitrogens with zero attached hydrogens (tertiary/aromatic N) is 1. The van der Waals surface area contributed by atoms with E-state index in [2.05, 4.69) is 4.98 Å². The molecule has 1 heterocycles. The zero-order valence-electron chi connectivity index (χ0n) is 9.35. The predicted molar refractivity (Wildman–Crippen MR) is 68.6 cm³/mol. The Morgan fingerprint density at radius 2 is 2.24 bits per heavy atom. The lowest BCUT2D eigenvalue weighted by Gasteiger charge is -2.06. The van der Waals surface area contributed by atoms with Crippen LogP contribution in [0.1, 0.15) is 10.4 Å². The Hall–Kier alpha value is -1.10. The molecule has 0 aliphatic rings. The van der Waals surface area contributed by atoms with Crippen molar-refractivity contribution in [2.45, 2.75) is 13.2 Å². The largest absolute Gasteiger partial charge is 0.488 e. The Kier molecular flexibility index (Phi) is 4.36. The molecule has 2 aromatic rings. The highest BCUT2D eigenvalue weighted by Crippen LogP contribution is 2.20. The van der Waals surface area contributed by atoms with Crippen LogP contribution in [0.2, 0.25) is 4.47 Å². The number of rotatable bonds is 5. The van der Waals surface area contributed by atoms with Crippen LogP contribution in [0.5, 0.6) is 5.75 Å². The fourth-order valence-electron chi connectivity index (χ4n) is 1.40. The third-order valence-electron chi connectivity index (χ3n) is 2.12. The van der Waals surface area contributed by atoms with Gasteiger partial charge in [-0.25, -0.2) is 4.98 Å². The summed E-state index contributed by atoms with van der Waals surface area (Å²) in [7, 11) is 1.67. The van der Waals surface area contributed by atoms with Gasteiger partial charge in [0.15, 0.2) is 4.47 Å². The van der Waals surface area contributed by atoms with Crippen molar-refractivity contribution in [2.75, 3.05) is 7.11 Å². The van der Waals surface area contributed by atoms with Gasteiger partial charge in [-0.1, -0.05) is 23.7 Å². The topological polar surface area (TPSA) is 31.4 Å². The number of hydrogen-bond acceptors (Lipinski definition) is 4. The van der Waals surface area contributed by atoms with Crippen molar-refractivity contribution in [1.82, 2.24) is 4.98 Å². The molecule has 2 rings (SSSR count). The number of thiazole rings is 1. The third kappa shape index (κ3) is 3.70. The number of ether oxygens (including phenoxy) is 2. The second kappa shape index (κ2) is 6.00. The van der Waals surface area contributed by atoms with E-state index in [-0.39, 0.29) is 0 Å². The molecule has 0 unspecified atom stereocenters. The number of methoxy groups -OCH3 is 1. The lowest BCUT2D eigenvalue weighted by Crippen LogP contribution is -1.94. The van der Waals surface area contributed by atoms with Crippen molar-refractivity contribution < 1.29 is 9.47 Å². The van der Waals surface area contributed by atoms with Gasteiger partial charge >= 0.3 is 0 Å². The normalized spacial score (nSPS) is 10.5. The summed E-state index contributed by atoms with van der Waals surface area (Å²) in [5.41, 5.74) is 1.09. The Balaban J connectivity index is 1.96. The predicted octanol–water partition coefficient (Wildman–Crippen LogP) is 3.52. The van der Waals surface area contributed by atoms with Crippen LogP contribution in [0.4, 0.5) is 0 Å². The minimum absolute atomic E-state index is 0.487. The number of hydrogen-bond donors (Lipinski definition) is 0. The molecule has 5 heteroatoms. The average Bonchev–Trinajstić information content (AvgIpc) is 2.74. The zero-order valence-corrected chi connectivity index (χ0v) is 10.9. The summed E-state index contributed by atoms with van der Waals surface area (Å²) in [5, 5.41) is 0. The molecule has 90 valence electrons. The van der Waals surface area contributed by atoms with Gasteiger partial charge in [0, 0.05) is 13.3 Å². The van der Waals surface area contributed by atoms with Gasteiger partial charge in [0.05, 0.1) is 11.5 Å². The molecule has 0 atom stereocenters. The number of benzene rings is 1. The Bertz CT molecular complexity index is 487. The first-order valence-corrected chi connectivity index (χ1v) is 6.28. The molecule has 3 nitrogen and oxygen atoms in total. The molecule has 0 aliphatic carbocycles. The Morgan fingerprint density at radius 1 is 1.35 bits per heavy atom. The molecule has 0 saturated heterocycles. The quantitative estimate of drug-likeness (QED) is 0.832. The summed E-state index contributed by atoms with van der Waals surface area (Å²) in [6.07, 6.45) is 1.73. The van der Waals surface area contributed by atoms with Crippen LogP contribution in [-0.4, -0.2) is 12.1 Å². The van der Waals surface area contributed by atoms with Gasteiger partial charge in [-0.15, -0.1) is 11.3 Å². The van der Waals surface area contributed by atoms with Crippen LogP contribution < -0.4 is 4.74 Å². The molecule has 0 fully saturated rings. The average molecular weight is 270 g/mol. The molecule has 0 radical (unpaired) electrons. The second-order valence-electron chi connectivity index (χ2n) is 3.45. The van der Waals surface area contributed by atoms with Gasteiger partial charge in [-0.05, 0) is 17.7 Å². The van der Waals surface area contributed by atoms with Crippen molar-refractivity contribution in [3.63, 3.8) is 0 Å². The summed E-state index contributed by atoms with van der Waals surface area (Å²) >= 11 is 7.17. The fraction of sp³-hybridized carbons (Fsp3) is 0.250. The smallest absolute Gasteiger partial charge is 0.183 e. The molecule has 0 spiro atoms. The Labute approximate surface area is 109 Å². The highest BCUT2D eigenvalue weighted by atomic mass is 35.5. The first kappa shape index (κ1) is 12.4. The number of halogens is 1. The van der Waals surface area contributed by atoms with Crippen molar-refractivity contribution in [3.05, 3.63) is 45.4 Å². The maximum atomic E-state index is 5.74. The SMILES string of the molecule is COCc1cccc(OCc2cnc(Cl)s2)c1. The molecular weight excluding hydrogens is 258 g/mol. The van der Waals surface area contributed by atoms with E-state index in [0.717, 1.165) is 16.2 Å². The van der Waals surface area contributed by atoms with E-state index in [1.807, 2.05) is 24.3 Å². The maximum Gasteiger partial charge on any atom is 0.183 e. The lowest BCUT2D eigenvalue weighted by molar-refractivity contribution is 0.184. The molecule has 1 aromatic carbocycles. The van der Waals surface area contributed by atoms with Crippen molar-refractivity contribution in [3.8, 4) is 5.75 Å². The summed E-state index contributed by atoms with van der Waals surface area (Å²) in [6, 6.07) is 7.83. The highest BCUT2D eigenvalue weighted by molar-refractivity contribution is 7.15. The van der Waals surface area contributed by atoms with E-state index in [0.29, 0.717) is 17.7 Å². The Morgan fingerprint density at radius 3 is 2.94 bits per heavy atom. The van der Waals surface area contributed by atoms with Crippen LogP contribution in [-0.2, 0) is 18.0 Å². The van der Waals surface area contributed by atoms with Gasteiger partial charge in [0.25, 0.3) is 0 Å². The van der Waals surface area contributed by atoms with E-state index in [4.69, 9.17) is 21.1 Å². The number of aromatic nitrogens is 1. The third-order valence-corrected chi connectivity index (χ3v) is 3.20. The van der Waals surface area contributed by atoms with Crippen LogP contribution in [0.3, 0.4) is 0 Å². The van der Waals surface area contributed by atoms with Gasteiger partial charge in [-0.2, -0.15) is 0 Å². The summed E-state index contributed by atoms with van der Waals surface area (Å²) in [6.45, 7) is 1.07. The van der Waals surface area contributed by atoms with Gasteiger partial charge in [-0.3, -0.25) is 0 Å². The lowest BCUT2D eigenvalue weighted by atomic mass is 10.2. The monoisotopic (exact) mass is 269 g/mol. The zero-order chi connectivity index (χ0) is 12.1. The minimum Gasteiger partial charge on any atom is -0.488 e. The second-order valence-corrected chi connectivity index (χ2v) is 5.15. The van der Waals surface area contributed by atoms with Crippen molar-refractivity contribution >= 4 is 22.9 Å². The van der Waals surface area contributed by atoms with E-state index in [1.54, 1.807) is 13.3 Å². The molecule has 0 bridgehead atoms. The first-order chi connectivity index (χ1) is 8.28. The first-order valence-electron chi connectivity index (χ1n) is 5.09. The molecule has 17 heavy (non-hydrogen) atoms. The van der Waals surface area contributed by atoms with Crippen LogP contribution in [0.15, 0.2) is 30.5 Å². The fourth-order valence-corrected chi connectivity index (χ4v) is 2.29. The van der Waals surface area contributed by atoms with Crippen LogP contribution in [0.25, 0.3) is 0 Å². The van der Waals surface area contributed by atoms with Crippen molar-refractivity contribution in [2.24, 2.45) is 0 Å².